The quantitative estimate of drug-likeness (QED) is 0.753. The van der Waals surface area contributed by atoms with Gasteiger partial charge in [0.2, 0.25) is 0 Å². The summed E-state index contributed by atoms with van der Waals surface area (Å²) in [6.07, 6.45) is 6.60. The minimum absolute atomic E-state index is 0.103. The standard InChI is InChI=1S/C22H30N6O3/c1-14-11-25-17(12-24-14)9-16-10-19(18(13-26-16)20(23)29)27-15-5-7-28(8-6-15)21(30)31-22(2,3)4/h10-13,15H,5-9H2,1-4H3,(H2,23,29)(H,26,27). The molecule has 1 fully saturated rings. The molecule has 3 rings (SSSR count). The highest BCUT2D eigenvalue weighted by Gasteiger charge is 2.27. The Balaban J connectivity index is 1.67. The van der Waals surface area contributed by atoms with E-state index in [2.05, 4.69) is 20.3 Å². The molecule has 0 aliphatic carbocycles. The topological polar surface area (TPSA) is 123 Å². The lowest BCUT2D eigenvalue weighted by molar-refractivity contribution is 0.0210. The number of likely N-dealkylation sites (tertiary alicyclic amines) is 1. The second-order valence-electron chi connectivity index (χ2n) is 8.80. The van der Waals surface area contributed by atoms with Crippen LogP contribution < -0.4 is 11.1 Å². The van der Waals surface area contributed by atoms with Crippen LogP contribution in [0, 0.1) is 6.92 Å². The normalized spacial score (nSPS) is 14.9. The Morgan fingerprint density at radius 3 is 2.39 bits per heavy atom. The van der Waals surface area contributed by atoms with Crippen LogP contribution in [-0.2, 0) is 11.2 Å². The summed E-state index contributed by atoms with van der Waals surface area (Å²) >= 11 is 0. The molecular weight excluding hydrogens is 396 g/mol. The summed E-state index contributed by atoms with van der Waals surface area (Å²) in [4.78, 5) is 38.9. The van der Waals surface area contributed by atoms with Crippen molar-refractivity contribution in [2.24, 2.45) is 5.73 Å². The van der Waals surface area contributed by atoms with Crippen molar-refractivity contribution in [3.63, 3.8) is 0 Å². The van der Waals surface area contributed by atoms with Crippen LogP contribution in [0.4, 0.5) is 10.5 Å². The fourth-order valence-electron chi connectivity index (χ4n) is 3.36. The van der Waals surface area contributed by atoms with Crippen LogP contribution in [0.3, 0.4) is 0 Å². The molecule has 0 bridgehead atoms. The Hall–Kier alpha value is -3.23. The molecule has 2 aromatic heterocycles. The molecule has 1 aliphatic heterocycles. The number of aromatic nitrogens is 3. The van der Waals surface area contributed by atoms with Gasteiger partial charge in [-0.2, -0.15) is 0 Å². The van der Waals surface area contributed by atoms with Gasteiger partial charge in [-0.15, -0.1) is 0 Å². The zero-order valence-electron chi connectivity index (χ0n) is 18.5. The third-order valence-electron chi connectivity index (χ3n) is 4.93. The molecule has 1 aliphatic rings. The molecule has 2 aromatic rings. The molecule has 1 saturated heterocycles. The smallest absolute Gasteiger partial charge is 0.410 e. The first-order chi connectivity index (χ1) is 14.6. The van der Waals surface area contributed by atoms with Gasteiger partial charge in [-0.05, 0) is 46.6 Å². The van der Waals surface area contributed by atoms with Gasteiger partial charge in [0.05, 0.1) is 22.6 Å². The average molecular weight is 427 g/mol. The molecule has 3 N–H and O–H groups in total. The molecule has 0 aromatic carbocycles. The lowest BCUT2D eigenvalue weighted by atomic mass is 10.0. The van der Waals surface area contributed by atoms with E-state index < -0.39 is 11.5 Å². The largest absolute Gasteiger partial charge is 0.444 e. The van der Waals surface area contributed by atoms with Gasteiger partial charge in [-0.3, -0.25) is 19.7 Å². The lowest BCUT2D eigenvalue weighted by Gasteiger charge is -2.34. The average Bonchev–Trinajstić information content (AvgIpc) is 2.69. The number of hydrogen-bond donors (Lipinski definition) is 2. The number of carbonyl (C=O) groups excluding carboxylic acids is 2. The van der Waals surface area contributed by atoms with E-state index in [4.69, 9.17) is 10.5 Å². The minimum Gasteiger partial charge on any atom is -0.444 e. The number of nitrogens with one attached hydrogen (secondary N) is 1. The Labute approximate surface area is 182 Å². The van der Waals surface area contributed by atoms with E-state index in [1.807, 2.05) is 33.8 Å². The van der Waals surface area contributed by atoms with Crippen LogP contribution in [0.25, 0.3) is 0 Å². The van der Waals surface area contributed by atoms with E-state index in [0.717, 1.165) is 29.9 Å². The maximum atomic E-state index is 12.3. The summed E-state index contributed by atoms with van der Waals surface area (Å²) in [6.45, 7) is 8.60. The van der Waals surface area contributed by atoms with Gasteiger partial charge in [0.1, 0.15) is 5.60 Å². The Bertz CT molecular complexity index is 931. The van der Waals surface area contributed by atoms with Crippen LogP contribution in [-0.4, -0.2) is 56.6 Å². The maximum absolute atomic E-state index is 12.3. The molecule has 3 heterocycles. The number of rotatable bonds is 5. The molecule has 2 amide bonds. The molecule has 0 saturated carbocycles. The van der Waals surface area contributed by atoms with Crippen LogP contribution in [0.5, 0.6) is 0 Å². The Morgan fingerprint density at radius 1 is 1.13 bits per heavy atom. The van der Waals surface area contributed by atoms with Crippen molar-refractivity contribution >= 4 is 17.7 Å². The molecular formula is C22H30N6O3. The van der Waals surface area contributed by atoms with Gasteiger partial charge in [0.15, 0.2) is 0 Å². The molecule has 9 heteroatoms. The predicted molar refractivity (Wildman–Crippen MR) is 117 cm³/mol. The number of amides is 2. The maximum Gasteiger partial charge on any atom is 0.410 e. The number of aryl methyl sites for hydroxylation is 1. The summed E-state index contributed by atoms with van der Waals surface area (Å²) in [7, 11) is 0. The molecule has 0 spiro atoms. The van der Waals surface area contributed by atoms with Crippen molar-refractivity contribution in [3.05, 3.63) is 47.3 Å². The van der Waals surface area contributed by atoms with Gasteiger partial charge in [0.25, 0.3) is 5.91 Å². The summed E-state index contributed by atoms with van der Waals surface area (Å²) in [5, 5.41) is 3.42. The van der Waals surface area contributed by atoms with Gasteiger partial charge < -0.3 is 20.7 Å². The number of pyridine rings is 1. The fraction of sp³-hybridized carbons (Fsp3) is 0.500. The van der Waals surface area contributed by atoms with Crippen molar-refractivity contribution in [1.29, 1.82) is 0 Å². The van der Waals surface area contributed by atoms with E-state index in [1.54, 1.807) is 17.3 Å². The van der Waals surface area contributed by atoms with E-state index in [9.17, 15) is 9.59 Å². The highest BCUT2D eigenvalue weighted by atomic mass is 16.6. The molecule has 9 nitrogen and oxygen atoms in total. The molecule has 0 unspecified atom stereocenters. The van der Waals surface area contributed by atoms with Crippen LogP contribution in [0.1, 0.15) is 61.1 Å². The summed E-state index contributed by atoms with van der Waals surface area (Å²) in [5.41, 5.74) is 8.42. The van der Waals surface area contributed by atoms with Crippen molar-refractivity contribution in [2.45, 2.75) is 58.6 Å². The van der Waals surface area contributed by atoms with Crippen LogP contribution in [0.2, 0.25) is 0 Å². The fourth-order valence-corrected chi connectivity index (χ4v) is 3.36. The summed E-state index contributed by atoms with van der Waals surface area (Å²) in [5.74, 6) is -0.539. The van der Waals surface area contributed by atoms with Crippen molar-refractivity contribution in [2.75, 3.05) is 18.4 Å². The summed E-state index contributed by atoms with van der Waals surface area (Å²) in [6, 6.07) is 1.94. The van der Waals surface area contributed by atoms with Crippen molar-refractivity contribution in [3.8, 4) is 0 Å². The number of primary amides is 1. The first-order valence-electron chi connectivity index (χ1n) is 10.4. The number of anilines is 1. The first-order valence-corrected chi connectivity index (χ1v) is 10.4. The zero-order chi connectivity index (χ0) is 22.6. The highest BCUT2D eigenvalue weighted by Crippen LogP contribution is 2.22. The van der Waals surface area contributed by atoms with Gasteiger partial charge in [-0.1, -0.05) is 0 Å². The lowest BCUT2D eigenvalue weighted by Crippen LogP contribution is -2.44. The predicted octanol–water partition coefficient (Wildman–Crippen LogP) is 2.68. The van der Waals surface area contributed by atoms with Crippen molar-refractivity contribution < 1.29 is 14.3 Å². The van der Waals surface area contributed by atoms with Gasteiger partial charge in [0, 0.05) is 49.8 Å². The third-order valence-corrected chi connectivity index (χ3v) is 4.93. The number of carbonyl (C=O) groups is 2. The monoisotopic (exact) mass is 426 g/mol. The number of hydrogen-bond acceptors (Lipinski definition) is 7. The highest BCUT2D eigenvalue weighted by molar-refractivity contribution is 5.98. The first kappa shape index (κ1) is 22.5. The Morgan fingerprint density at radius 2 is 1.81 bits per heavy atom. The number of ether oxygens (including phenoxy) is 1. The number of nitrogens with two attached hydrogens (primary N) is 1. The number of piperidine rings is 1. The summed E-state index contributed by atoms with van der Waals surface area (Å²) < 4.78 is 5.45. The molecule has 0 radical (unpaired) electrons. The van der Waals surface area contributed by atoms with E-state index in [1.165, 1.54) is 6.20 Å². The number of nitrogens with zero attached hydrogens (tertiary/aromatic N) is 4. The molecule has 166 valence electrons. The van der Waals surface area contributed by atoms with E-state index >= 15 is 0 Å². The van der Waals surface area contributed by atoms with E-state index in [-0.39, 0.29) is 12.1 Å². The van der Waals surface area contributed by atoms with Crippen LogP contribution >= 0.6 is 0 Å². The van der Waals surface area contributed by atoms with Gasteiger partial charge >= 0.3 is 6.09 Å². The van der Waals surface area contributed by atoms with Crippen molar-refractivity contribution in [1.82, 2.24) is 19.9 Å². The molecule has 31 heavy (non-hydrogen) atoms. The molecule has 0 atom stereocenters. The van der Waals surface area contributed by atoms with E-state index in [0.29, 0.717) is 30.8 Å². The third kappa shape index (κ3) is 6.37. The Kier molecular flexibility index (Phi) is 6.72. The SMILES string of the molecule is Cc1cnc(Cc2cc(NC3CCN(C(=O)OC(C)(C)C)CC3)c(C(N)=O)cn2)cn1. The second kappa shape index (κ2) is 9.28. The second-order valence-corrected chi connectivity index (χ2v) is 8.80. The minimum atomic E-state index is -0.539. The zero-order valence-corrected chi connectivity index (χ0v) is 18.5. The van der Waals surface area contributed by atoms with Gasteiger partial charge in [-0.25, -0.2) is 4.79 Å². The van der Waals surface area contributed by atoms with Crippen LogP contribution in [0.15, 0.2) is 24.7 Å².